The second kappa shape index (κ2) is 7.92. The number of aromatic nitrogens is 4. The number of carbonyl (C=O) groups excluding carboxylic acids is 1. The number of hydrogen-bond acceptors (Lipinski definition) is 5. The summed E-state index contributed by atoms with van der Waals surface area (Å²) in [5.74, 6) is 0.597. The third-order valence-electron chi connectivity index (χ3n) is 3.47. The van der Waals surface area contributed by atoms with Gasteiger partial charge in [0, 0.05) is 31.5 Å². The van der Waals surface area contributed by atoms with Crippen LogP contribution < -0.4 is 10.6 Å². The van der Waals surface area contributed by atoms with E-state index >= 15 is 0 Å². The van der Waals surface area contributed by atoms with Crippen LogP contribution in [0.2, 0.25) is 5.02 Å². The Morgan fingerprint density at radius 2 is 2.12 bits per heavy atom. The lowest BCUT2D eigenvalue weighted by molar-refractivity contribution is 0.0951. The molecule has 2 aromatic heterocycles. The molecule has 3 rings (SSSR count). The summed E-state index contributed by atoms with van der Waals surface area (Å²) in [4.78, 5) is 20.7. The Hall–Kier alpha value is -3.00. The molecule has 0 bridgehead atoms. The Balaban J connectivity index is 1.58. The highest BCUT2D eigenvalue weighted by Gasteiger charge is 2.15. The zero-order chi connectivity index (χ0) is 18.5. The molecule has 0 aliphatic carbocycles. The van der Waals surface area contributed by atoms with E-state index in [0.717, 1.165) is 0 Å². The number of nitrogens with zero attached hydrogens (tertiary/aromatic N) is 4. The SMILES string of the molecule is Cc1nc(NCCNC(=O)c2c(F)cccc2Cl)cc(-n2cccn2)n1. The molecule has 0 spiro atoms. The zero-order valence-electron chi connectivity index (χ0n) is 13.9. The maximum absolute atomic E-state index is 13.7. The van der Waals surface area contributed by atoms with E-state index in [1.165, 1.54) is 18.2 Å². The number of rotatable bonds is 6. The van der Waals surface area contributed by atoms with E-state index in [9.17, 15) is 9.18 Å². The molecule has 2 heterocycles. The van der Waals surface area contributed by atoms with Crippen LogP contribution in [0.15, 0.2) is 42.7 Å². The smallest absolute Gasteiger partial charge is 0.255 e. The Bertz CT molecular complexity index is 895. The van der Waals surface area contributed by atoms with Gasteiger partial charge in [0.05, 0.1) is 10.6 Å². The monoisotopic (exact) mass is 374 g/mol. The minimum atomic E-state index is -0.654. The van der Waals surface area contributed by atoms with E-state index < -0.39 is 11.7 Å². The van der Waals surface area contributed by atoms with Crippen molar-refractivity contribution in [1.29, 1.82) is 0 Å². The minimum absolute atomic E-state index is 0.0748. The third kappa shape index (κ3) is 4.15. The van der Waals surface area contributed by atoms with Crippen LogP contribution in [0.5, 0.6) is 0 Å². The van der Waals surface area contributed by atoms with E-state index in [0.29, 0.717) is 24.0 Å². The second-order valence-electron chi connectivity index (χ2n) is 5.39. The molecule has 134 valence electrons. The van der Waals surface area contributed by atoms with E-state index in [1.54, 1.807) is 36.1 Å². The molecule has 0 saturated carbocycles. The lowest BCUT2D eigenvalue weighted by Gasteiger charge is -2.10. The van der Waals surface area contributed by atoms with E-state index in [2.05, 4.69) is 25.7 Å². The van der Waals surface area contributed by atoms with Crippen molar-refractivity contribution in [3.05, 3.63) is 65.0 Å². The lowest BCUT2D eigenvalue weighted by Crippen LogP contribution is -2.29. The van der Waals surface area contributed by atoms with Crippen LogP contribution in [0.3, 0.4) is 0 Å². The molecule has 0 unspecified atom stereocenters. The third-order valence-corrected chi connectivity index (χ3v) is 3.79. The first-order valence-corrected chi connectivity index (χ1v) is 8.24. The van der Waals surface area contributed by atoms with Crippen LogP contribution in [0, 0.1) is 12.7 Å². The summed E-state index contributed by atoms with van der Waals surface area (Å²) in [6.45, 7) is 2.44. The molecule has 3 aromatic rings. The Kier molecular flexibility index (Phi) is 5.43. The van der Waals surface area contributed by atoms with Gasteiger partial charge in [-0.2, -0.15) is 5.10 Å². The van der Waals surface area contributed by atoms with E-state index in [1.807, 2.05) is 0 Å². The molecule has 0 radical (unpaired) electrons. The van der Waals surface area contributed by atoms with Crippen LogP contribution in [0.1, 0.15) is 16.2 Å². The van der Waals surface area contributed by atoms with E-state index in [-0.39, 0.29) is 17.1 Å². The van der Waals surface area contributed by atoms with Gasteiger partial charge in [0.2, 0.25) is 0 Å². The fourth-order valence-electron chi connectivity index (χ4n) is 2.33. The van der Waals surface area contributed by atoms with Crippen LogP contribution in [-0.2, 0) is 0 Å². The fourth-order valence-corrected chi connectivity index (χ4v) is 2.58. The normalized spacial score (nSPS) is 10.6. The number of hydrogen-bond donors (Lipinski definition) is 2. The first-order valence-electron chi connectivity index (χ1n) is 7.86. The fraction of sp³-hybridized carbons (Fsp3) is 0.176. The predicted octanol–water partition coefficient (Wildman–Crippen LogP) is 2.61. The summed E-state index contributed by atoms with van der Waals surface area (Å²) < 4.78 is 15.3. The van der Waals surface area contributed by atoms with Crippen LogP contribution in [0.25, 0.3) is 5.82 Å². The van der Waals surface area contributed by atoms with Crippen molar-refractivity contribution in [1.82, 2.24) is 25.1 Å². The van der Waals surface area contributed by atoms with Crippen molar-refractivity contribution in [3.8, 4) is 5.82 Å². The molecular weight excluding hydrogens is 359 g/mol. The van der Waals surface area contributed by atoms with Gasteiger partial charge < -0.3 is 10.6 Å². The van der Waals surface area contributed by atoms with E-state index in [4.69, 9.17) is 11.6 Å². The van der Waals surface area contributed by atoms with Crippen molar-refractivity contribution in [3.63, 3.8) is 0 Å². The standard InChI is InChI=1S/C17H16ClFN6O/c1-11-23-14(10-15(24-11)25-9-3-6-22-25)20-7-8-21-17(26)16-12(18)4-2-5-13(16)19/h2-6,9-10H,7-8H2,1H3,(H,21,26)(H,20,23,24). The average molecular weight is 375 g/mol. The number of aryl methyl sites for hydroxylation is 1. The maximum Gasteiger partial charge on any atom is 0.255 e. The number of halogens is 2. The molecule has 1 aromatic carbocycles. The highest BCUT2D eigenvalue weighted by Crippen LogP contribution is 2.18. The molecule has 7 nitrogen and oxygen atoms in total. The maximum atomic E-state index is 13.7. The summed E-state index contributed by atoms with van der Waals surface area (Å²) in [6.07, 6.45) is 3.44. The Morgan fingerprint density at radius 1 is 1.27 bits per heavy atom. The quantitative estimate of drug-likeness (QED) is 0.648. The molecule has 2 N–H and O–H groups in total. The summed E-state index contributed by atoms with van der Waals surface area (Å²) in [5, 5.41) is 9.92. The summed E-state index contributed by atoms with van der Waals surface area (Å²) in [6, 6.07) is 7.66. The van der Waals surface area contributed by atoms with Gasteiger partial charge in [-0.3, -0.25) is 4.79 Å². The first-order chi connectivity index (χ1) is 12.5. The van der Waals surface area contributed by atoms with Gasteiger partial charge in [0.15, 0.2) is 5.82 Å². The summed E-state index contributed by atoms with van der Waals surface area (Å²) in [7, 11) is 0. The Labute approximate surface area is 154 Å². The molecule has 0 atom stereocenters. The van der Waals surface area contributed by atoms with Gasteiger partial charge in [-0.15, -0.1) is 0 Å². The predicted molar refractivity (Wildman–Crippen MR) is 96.1 cm³/mol. The van der Waals surface area contributed by atoms with Gasteiger partial charge >= 0.3 is 0 Å². The molecule has 9 heteroatoms. The molecule has 0 fully saturated rings. The van der Waals surface area contributed by atoms with Gasteiger partial charge in [-0.05, 0) is 25.1 Å². The number of carbonyl (C=O) groups is 1. The topological polar surface area (TPSA) is 84.7 Å². The highest BCUT2D eigenvalue weighted by molar-refractivity contribution is 6.33. The number of amides is 1. The van der Waals surface area contributed by atoms with Crippen molar-refractivity contribution < 1.29 is 9.18 Å². The number of nitrogens with one attached hydrogen (secondary N) is 2. The zero-order valence-corrected chi connectivity index (χ0v) is 14.7. The first kappa shape index (κ1) is 17.8. The molecule has 0 saturated heterocycles. The average Bonchev–Trinajstić information content (AvgIpc) is 3.13. The number of benzene rings is 1. The summed E-state index contributed by atoms with van der Waals surface area (Å²) in [5.41, 5.74) is -0.159. The van der Waals surface area contributed by atoms with Crippen molar-refractivity contribution in [2.75, 3.05) is 18.4 Å². The van der Waals surface area contributed by atoms with Gasteiger partial charge in [-0.1, -0.05) is 17.7 Å². The van der Waals surface area contributed by atoms with Gasteiger partial charge in [0.25, 0.3) is 5.91 Å². The second-order valence-corrected chi connectivity index (χ2v) is 5.80. The molecular formula is C17H16ClFN6O. The highest BCUT2D eigenvalue weighted by atomic mass is 35.5. The molecule has 0 aliphatic rings. The minimum Gasteiger partial charge on any atom is -0.368 e. The van der Waals surface area contributed by atoms with Crippen LogP contribution >= 0.6 is 11.6 Å². The van der Waals surface area contributed by atoms with Gasteiger partial charge in [0.1, 0.15) is 17.5 Å². The lowest BCUT2D eigenvalue weighted by atomic mass is 10.2. The molecule has 26 heavy (non-hydrogen) atoms. The van der Waals surface area contributed by atoms with Crippen LogP contribution in [0.4, 0.5) is 10.2 Å². The molecule has 1 amide bonds. The largest absolute Gasteiger partial charge is 0.368 e. The van der Waals surface area contributed by atoms with Crippen molar-refractivity contribution >= 4 is 23.3 Å². The number of anilines is 1. The van der Waals surface area contributed by atoms with Crippen LogP contribution in [-0.4, -0.2) is 38.7 Å². The molecule has 0 aliphatic heterocycles. The van der Waals surface area contributed by atoms with Crippen molar-refractivity contribution in [2.45, 2.75) is 6.92 Å². The summed E-state index contributed by atoms with van der Waals surface area (Å²) >= 11 is 5.88. The van der Waals surface area contributed by atoms with Gasteiger partial charge in [-0.25, -0.2) is 19.0 Å². The van der Waals surface area contributed by atoms with Crippen molar-refractivity contribution in [2.24, 2.45) is 0 Å². The Morgan fingerprint density at radius 3 is 2.85 bits per heavy atom.